The molecule has 0 amide bonds. The Morgan fingerprint density at radius 1 is 1.47 bits per heavy atom. The van der Waals surface area contributed by atoms with Crippen molar-refractivity contribution in [2.75, 3.05) is 5.75 Å². The monoisotopic (exact) mass is 280 g/mol. The van der Waals surface area contributed by atoms with Crippen LogP contribution in [0, 0.1) is 24.7 Å². The number of aliphatic carboxylic acids is 1. The Labute approximate surface area is 117 Å². The molecule has 0 aliphatic heterocycles. The molecule has 2 fully saturated rings. The summed E-state index contributed by atoms with van der Waals surface area (Å²) < 4.78 is 2.23. The molecular formula is C14H20N2O2S. The summed E-state index contributed by atoms with van der Waals surface area (Å²) in [5.74, 6) is 1.92. The van der Waals surface area contributed by atoms with E-state index >= 15 is 0 Å². The summed E-state index contributed by atoms with van der Waals surface area (Å²) >= 11 is 1.33. The lowest BCUT2D eigenvalue weighted by Gasteiger charge is -2.18. The number of imidazole rings is 1. The van der Waals surface area contributed by atoms with E-state index in [0.29, 0.717) is 0 Å². The number of carboxylic acids is 1. The molecule has 2 aliphatic carbocycles. The van der Waals surface area contributed by atoms with Crippen molar-refractivity contribution < 1.29 is 9.90 Å². The zero-order valence-electron chi connectivity index (χ0n) is 11.2. The Hall–Kier alpha value is -0.970. The normalized spacial score (nSPS) is 19.1. The highest BCUT2D eigenvalue weighted by molar-refractivity contribution is 7.99. The van der Waals surface area contributed by atoms with Crippen LogP contribution in [0.15, 0.2) is 11.4 Å². The zero-order valence-corrected chi connectivity index (χ0v) is 12.0. The summed E-state index contributed by atoms with van der Waals surface area (Å²) in [5.41, 5.74) is 1.15. The molecule has 0 unspecified atom stereocenters. The van der Waals surface area contributed by atoms with E-state index in [1.54, 1.807) is 0 Å². The number of carboxylic acid groups (broad SMARTS) is 1. The first kappa shape index (κ1) is 13.0. The van der Waals surface area contributed by atoms with E-state index in [4.69, 9.17) is 5.11 Å². The highest BCUT2D eigenvalue weighted by atomic mass is 32.2. The lowest BCUT2D eigenvalue weighted by molar-refractivity contribution is -0.133. The Morgan fingerprint density at radius 2 is 2.11 bits per heavy atom. The van der Waals surface area contributed by atoms with Crippen molar-refractivity contribution in [3.8, 4) is 0 Å². The van der Waals surface area contributed by atoms with Crippen LogP contribution in [-0.2, 0) is 11.3 Å². The van der Waals surface area contributed by atoms with Gasteiger partial charge in [0.1, 0.15) is 0 Å². The first-order valence-electron chi connectivity index (χ1n) is 7.02. The van der Waals surface area contributed by atoms with Crippen LogP contribution in [0.5, 0.6) is 0 Å². The van der Waals surface area contributed by atoms with E-state index in [1.165, 1.54) is 37.4 Å². The molecule has 0 saturated heterocycles. The minimum absolute atomic E-state index is 0.0912. The van der Waals surface area contributed by atoms with Gasteiger partial charge >= 0.3 is 5.97 Å². The van der Waals surface area contributed by atoms with E-state index in [-0.39, 0.29) is 5.75 Å². The first-order chi connectivity index (χ1) is 9.15. The lowest BCUT2D eigenvalue weighted by atomic mass is 9.98. The summed E-state index contributed by atoms with van der Waals surface area (Å²) in [6.07, 6.45) is 7.39. The van der Waals surface area contributed by atoms with Gasteiger partial charge in [-0.15, -0.1) is 0 Å². The summed E-state index contributed by atoms with van der Waals surface area (Å²) in [6, 6.07) is 0. The molecule has 0 atom stereocenters. The molecule has 1 N–H and O–H groups in total. The first-order valence-corrected chi connectivity index (χ1v) is 8.00. The summed E-state index contributed by atoms with van der Waals surface area (Å²) in [6.45, 7) is 3.10. The van der Waals surface area contributed by atoms with Crippen molar-refractivity contribution in [2.24, 2.45) is 17.8 Å². The number of rotatable bonds is 7. The second-order valence-corrected chi connectivity index (χ2v) is 6.76. The average Bonchev–Trinajstić information content (AvgIpc) is 3.24. The van der Waals surface area contributed by atoms with Gasteiger partial charge in [0, 0.05) is 18.4 Å². The Morgan fingerprint density at radius 3 is 2.63 bits per heavy atom. The van der Waals surface area contributed by atoms with Gasteiger partial charge in [-0.1, -0.05) is 11.8 Å². The predicted octanol–water partition coefficient (Wildman–Crippen LogP) is 2.80. The largest absolute Gasteiger partial charge is 0.481 e. The predicted molar refractivity (Wildman–Crippen MR) is 74.3 cm³/mol. The van der Waals surface area contributed by atoms with E-state index < -0.39 is 5.97 Å². The molecule has 104 valence electrons. The second kappa shape index (κ2) is 5.19. The fraction of sp³-hybridized carbons (Fsp3) is 0.714. The van der Waals surface area contributed by atoms with Gasteiger partial charge in [-0.3, -0.25) is 4.79 Å². The maximum absolute atomic E-state index is 10.7. The molecular weight excluding hydrogens is 260 g/mol. The van der Waals surface area contributed by atoms with E-state index in [0.717, 1.165) is 35.1 Å². The SMILES string of the molecule is Cc1cnc(SCC(=O)O)n1CC(C1CC1)C1CC1. The molecule has 2 aliphatic rings. The Kier molecular flexibility index (Phi) is 3.56. The Balaban J connectivity index is 1.71. The second-order valence-electron chi connectivity index (χ2n) is 5.81. The maximum Gasteiger partial charge on any atom is 0.313 e. The number of carbonyl (C=O) groups is 1. The van der Waals surface area contributed by atoms with Crippen LogP contribution in [-0.4, -0.2) is 26.4 Å². The number of hydrogen-bond donors (Lipinski definition) is 1. The lowest BCUT2D eigenvalue weighted by Crippen LogP contribution is -2.17. The molecule has 1 aromatic rings. The van der Waals surface area contributed by atoms with Crippen LogP contribution in [0.2, 0.25) is 0 Å². The minimum atomic E-state index is -0.780. The highest BCUT2D eigenvalue weighted by Gasteiger charge is 2.41. The van der Waals surface area contributed by atoms with Gasteiger partial charge in [-0.2, -0.15) is 0 Å². The maximum atomic E-state index is 10.7. The molecule has 0 aromatic carbocycles. The quantitative estimate of drug-likeness (QED) is 0.780. The third-order valence-corrected chi connectivity index (χ3v) is 5.17. The van der Waals surface area contributed by atoms with Crippen LogP contribution < -0.4 is 0 Å². The number of nitrogens with zero attached hydrogens (tertiary/aromatic N) is 2. The topological polar surface area (TPSA) is 55.1 Å². The third-order valence-electron chi connectivity index (χ3n) is 4.19. The molecule has 1 aromatic heterocycles. The van der Waals surface area contributed by atoms with E-state index in [1.807, 2.05) is 6.20 Å². The van der Waals surface area contributed by atoms with Gasteiger partial charge in [0.15, 0.2) is 5.16 Å². The molecule has 19 heavy (non-hydrogen) atoms. The minimum Gasteiger partial charge on any atom is -0.481 e. The number of hydrogen-bond acceptors (Lipinski definition) is 3. The number of aryl methyl sites for hydroxylation is 1. The van der Waals surface area contributed by atoms with Crippen LogP contribution in [0.25, 0.3) is 0 Å². The van der Waals surface area contributed by atoms with E-state index in [2.05, 4.69) is 16.5 Å². The van der Waals surface area contributed by atoms with Crippen molar-refractivity contribution in [1.29, 1.82) is 0 Å². The Bertz CT molecular complexity index is 466. The third kappa shape index (κ3) is 3.14. The summed E-state index contributed by atoms with van der Waals surface area (Å²) in [4.78, 5) is 15.1. The van der Waals surface area contributed by atoms with Gasteiger partial charge in [0.25, 0.3) is 0 Å². The molecule has 1 heterocycles. The van der Waals surface area contributed by atoms with Crippen molar-refractivity contribution in [1.82, 2.24) is 9.55 Å². The summed E-state index contributed by atoms with van der Waals surface area (Å²) in [5, 5.41) is 9.66. The van der Waals surface area contributed by atoms with Crippen LogP contribution in [0.4, 0.5) is 0 Å². The van der Waals surface area contributed by atoms with Crippen LogP contribution in [0.3, 0.4) is 0 Å². The number of thioether (sulfide) groups is 1. The molecule has 0 spiro atoms. The fourth-order valence-electron chi connectivity index (χ4n) is 2.85. The van der Waals surface area contributed by atoms with Crippen molar-refractivity contribution in [3.63, 3.8) is 0 Å². The van der Waals surface area contributed by atoms with Gasteiger partial charge in [-0.25, -0.2) is 4.98 Å². The fourth-order valence-corrected chi connectivity index (χ4v) is 3.60. The molecule has 4 nitrogen and oxygen atoms in total. The smallest absolute Gasteiger partial charge is 0.313 e. The van der Waals surface area contributed by atoms with Crippen LogP contribution >= 0.6 is 11.8 Å². The molecule has 5 heteroatoms. The van der Waals surface area contributed by atoms with E-state index in [9.17, 15) is 4.79 Å². The average molecular weight is 280 g/mol. The van der Waals surface area contributed by atoms with Crippen LogP contribution in [0.1, 0.15) is 31.4 Å². The molecule has 2 saturated carbocycles. The van der Waals surface area contributed by atoms with Gasteiger partial charge in [-0.05, 0) is 50.4 Å². The summed E-state index contributed by atoms with van der Waals surface area (Å²) in [7, 11) is 0. The molecule has 0 radical (unpaired) electrons. The molecule has 3 rings (SSSR count). The highest BCUT2D eigenvalue weighted by Crippen LogP contribution is 2.50. The van der Waals surface area contributed by atoms with Gasteiger partial charge in [0.05, 0.1) is 5.75 Å². The number of aromatic nitrogens is 2. The molecule has 0 bridgehead atoms. The zero-order chi connectivity index (χ0) is 13.4. The van der Waals surface area contributed by atoms with Crippen molar-refractivity contribution in [2.45, 2.75) is 44.3 Å². The van der Waals surface area contributed by atoms with Crippen molar-refractivity contribution >= 4 is 17.7 Å². The van der Waals surface area contributed by atoms with Crippen molar-refractivity contribution in [3.05, 3.63) is 11.9 Å². The van der Waals surface area contributed by atoms with Gasteiger partial charge < -0.3 is 9.67 Å². The van der Waals surface area contributed by atoms with Gasteiger partial charge in [0.2, 0.25) is 0 Å². The standard InChI is InChI=1S/C14H20N2O2S/c1-9-6-15-14(19-8-13(17)18)16(9)7-12(10-2-3-10)11-4-5-11/h6,10-12H,2-5,7-8H2,1H3,(H,17,18).